The molecule has 1 aromatic rings. The molecule has 1 aliphatic carbocycles. The summed E-state index contributed by atoms with van der Waals surface area (Å²) in [6.45, 7) is 0. The third kappa shape index (κ3) is 2.91. The van der Waals surface area contributed by atoms with Crippen LogP contribution in [0.1, 0.15) is 24.8 Å². The van der Waals surface area contributed by atoms with Gasteiger partial charge in [0.25, 0.3) is 0 Å². The van der Waals surface area contributed by atoms with E-state index in [-0.39, 0.29) is 17.8 Å². The van der Waals surface area contributed by atoms with Gasteiger partial charge >= 0.3 is 5.97 Å². The summed E-state index contributed by atoms with van der Waals surface area (Å²) in [5, 5.41) is 10.0. The second kappa shape index (κ2) is 6.01. The van der Waals surface area contributed by atoms with Gasteiger partial charge in [-0.2, -0.15) is 0 Å². The van der Waals surface area contributed by atoms with Gasteiger partial charge in [-0.15, -0.1) is 0 Å². The fraction of sp³-hybridized carbons (Fsp3) is 0.533. The number of carbonyl (C=O) groups is 1. The molecule has 3 atom stereocenters. The van der Waals surface area contributed by atoms with Crippen LogP contribution >= 0.6 is 0 Å². The summed E-state index contributed by atoms with van der Waals surface area (Å²) in [7, 11) is 1.39. The van der Waals surface area contributed by atoms with E-state index in [4.69, 9.17) is 4.74 Å². The Labute approximate surface area is 108 Å². The standard InChI is InChI=1S/C15H20O3/c1-18-15(17)14-12(8-5-9-13(14)16)10-11-6-3-2-4-7-11/h2-4,6-7,12-14,16H,5,8-10H2,1H3. The normalized spacial score (nSPS) is 27.8. The topological polar surface area (TPSA) is 46.5 Å². The molecule has 1 aromatic carbocycles. The van der Waals surface area contributed by atoms with Gasteiger partial charge in [0.2, 0.25) is 0 Å². The SMILES string of the molecule is COC(=O)C1C(O)CCCC1Cc1ccccc1. The monoisotopic (exact) mass is 248 g/mol. The third-order valence-electron chi connectivity index (χ3n) is 3.81. The van der Waals surface area contributed by atoms with E-state index in [1.807, 2.05) is 18.2 Å². The van der Waals surface area contributed by atoms with Crippen molar-refractivity contribution in [3.05, 3.63) is 35.9 Å². The van der Waals surface area contributed by atoms with Gasteiger partial charge in [-0.05, 0) is 30.7 Å². The Balaban J connectivity index is 2.11. The molecule has 1 saturated carbocycles. The van der Waals surface area contributed by atoms with Crippen LogP contribution in [0, 0.1) is 11.8 Å². The highest BCUT2D eigenvalue weighted by Gasteiger charge is 2.38. The number of aliphatic hydroxyl groups excluding tert-OH is 1. The van der Waals surface area contributed by atoms with Crippen LogP contribution in [0.3, 0.4) is 0 Å². The van der Waals surface area contributed by atoms with Crippen molar-refractivity contribution in [1.29, 1.82) is 0 Å². The summed E-state index contributed by atoms with van der Waals surface area (Å²) in [5.74, 6) is -0.462. The maximum Gasteiger partial charge on any atom is 0.311 e. The van der Waals surface area contributed by atoms with Gasteiger partial charge in [0, 0.05) is 0 Å². The molecule has 0 aliphatic heterocycles. The number of aliphatic hydroxyl groups is 1. The second-order valence-corrected chi connectivity index (χ2v) is 5.00. The average molecular weight is 248 g/mol. The van der Waals surface area contributed by atoms with E-state index in [0.29, 0.717) is 6.42 Å². The van der Waals surface area contributed by atoms with E-state index in [1.54, 1.807) is 0 Å². The molecule has 0 heterocycles. The van der Waals surface area contributed by atoms with Crippen molar-refractivity contribution in [2.24, 2.45) is 11.8 Å². The summed E-state index contributed by atoms with van der Waals surface area (Å²) < 4.78 is 4.83. The van der Waals surface area contributed by atoms with Crippen molar-refractivity contribution in [3.63, 3.8) is 0 Å². The van der Waals surface area contributed by atoms with Gasteiger partial charge < -0.3 is 9.84 Å². The second-order valence-electron chi connectivity index (χ2n) is 5.00. The van der Waals surface area contributed by atoms with Gasteiger partial charge in [-0.1, -0.05) is 36.8 Å². The maximum atomic E-state index is 11.8. The molecule has 3 unspecified atom stereocenters. The van der Waals surface area contributed by atoms with Crippen molar-refractivity contribution < 1.29 is 14.6 Å². The Morgan fingerprint density at radius 1 is 1.33 bits per heavy atom. The van der Waals surface area contributed by atoms with Crippen LogP contribution in [-0.2, 0) is 16.0 Å². The molecule has 1 aliphatic rings. The Morgan fingerprint density at radius 2 is 2.06 bits per heavy atom. The van der Waals surface area contributed by atoms with Crippen molar-refractivity contribution in [1.82, 2.24) is 0 Å². The molecule has 0 aromatic heterocycles. The van der Waals surface area contributed by atoms with Crippen LogP contribution in [0.25, 0.3) is 0 Å². The lowest BCUT2D eigenvalue weighted by Gasteiger charge is -2.33. The Kier molecular flexibility index (Phi) is 4.37. The minimum Gasteiger partial charge on any atom is -0.469 e. The van der Waals surface area contributed by atoms with Gasteiger partial charge in [0.1, 0.15) is 0 Å². The van der Waals surface area contributed by atoms with Crippen LogP contribution in [0.5, 0.6) is 0 Å². The highest BCUT2D eigenvalue weighted by Crippen LogP contribution is 2.33. The number of methoxy groups -OCH3 is 1. The zero-order valence-electron chi connectivity index (χ0n) is 10.7. The van der Waals surface area contributed by atoms with Gasteiger partial charge in [-0.3, -0.25) is 4.79 Å². The Bertz CT molecular complexity index is 388. The summed E-state index contributed by atoms with van der Waals surface area (Å²) in [6, 6.07) is 10.1. The molecular formula is C15H20O3. The van der Waals surface area contributed by atoms with E-state index >= 15 is 0 Å². The average Bonchev–Trinajstić information content (AvgIpc) is 2.39. The molecule has 0 radical (unpaired) electrons. The lowest BCUT2D eigenvalue weighted by Crippen LogP contribution is -2.39. The van der Waals surface area contributed by atoms with E-state index in [9.17, 15) is 9.90 Å². The third-order valence-corrected chi connectivity index (χ3v) is 3.81. The first-order valence-corrected chi connectivity index (χ1v) is 6.52. The molecule has 98 valence electrons. The molecule has 1 N–H and O–H groups in total. The maximum absolute atomic E-state index is 11.8. The van der Waals surface area contributed by atoms with E-state index in [0.717, 1.165) is 19.3 Å². The van der Waals surface area contributed by atoms with E-state index in [2.05, 4.69) is 12.1 Å². The van der Waals surface area contributed by atoms with Gasteiger partial charge in [0.15, 0.2) is 0 Å². The van der Waals surface area contributed by atoms with Gasteiger partial charge in [-0.25, -0.2) is 0 Å². The first kappa shape index (κ1) is 13.1. The van der Waals surface area contributed by atoms with Crippen LogP contribution in [-0.4, -0.2) is 24.3 Å². The Morgan fingerprint density at radius 3 is 2.72 bits per heavy atom. The van der Waals surface area contributed by atoms with Crippen molar-refractivity contribution >= 4 is 5.97 Å². The zero-order chi connectivity index (χ0) is 13.0. The quantitative estimate of drug-likeness (QED) is 0.834. The molecule has 3 nitrogen and oxygen atoms in total. The molecule has 0 bridgehead atoms. The minimum absolute atomic E-state index is 0.184. The first-order valence-electron chi connectivity index (χ1n) is 6.52. The molecule has 2 rings (SSSR count). The highest BCUT2D eigenvalue weighted by molar-refractivity contribution is 5.73. The first-order chi connectivity index (χ1) is 8.72. The Hall–Kier alpha value is -1.35. The van der Waals surface area contributed by atoms with Crippen LogP contribution < -0.4 is 0 Å². The number of benzene rings is 1. The fourth-order valence-electron chi connectivity index (χ4n) is 2.89. The number of esters is 1. The number of hydrogen-bond acceptors (Lipinski definition) is 3. The molecular weight excluding hydrogens is 228 g/mol. The predicted octanol–water partition coefficient (Wildman–Crippen LogP) is 2.18. The summed E-state index contributed by atoms with van der Waals surface area (Å²) in [4.78, 5) is 11.8. The zero-order valence-corrected chi connectivity index (χ0v) is 10.7. The number of rotatable bonds is 3. The lowest BCUT2D eigenvalue weighted by molar-refractivity contribution is -0.154. The largest absolute Gasteiger partial charge is 0.469 e. The summed E-state index contributed by atoms with van der Waals surface area (Å²) in [6.07, 6.45) is 2.93. The molecule has 0 saturated heterocycles. The van der Waals surface area contributed by atoms with Crippen molar-refractivity contribution in [2.45, 2.75) is 31.8 Å². The van der Waals surface area contributed by atoms with E-state index < -0.39 is 6.10 Å². The van der Waals surface area contributed by atoms with E-state index in [1.165, 1.54) is 12.7 Å². The fourth-order valence-corrected chi connectivity index (χ4v) is 2.89. The minimum atomic E-state index is -0.556. The highest BCUT2D eigenvalue weighted by atomic mass is 16.5. The summed E-state index contributed by atoms with van der Waals surface area (Å²) >= 11 is 0. The van der Waals surface area contributed by atoms with Crippen LogP contribution in [0.4, 0.5) is 0 Å². The predicted molar refractivity (Wildman–Crippen MR) is 69.0 cm³/mol. The van der Waals surface area contributed by atoms with Gasteiger partial charge in [0.05, 0.1) is 19.1 Å². The number of ether oxygens (including phenoxy) is 1. The number of carbonyl (C=O) groups excluding carboxylic acids is 1. The van der Waals surface area contributed by atoms with Crippen LogP contribution in [0.15, 0.2) is 30.3 Å². The van der Waals surface area contributed by atoms with Crippen molar-refractivity contribution in [2.75, 3.05) is 7.11 Å². The van der Waals surface area contributed by atoms with Crippen molar-refractivity contribution in [3.8, 4) is 0 Å². The molecule has 0 spiro atoms. The lowest BCUT2D eigenvalue weighted by atomic mass is 9.74. The smallest absolute Gasteiger partial charge is 0.311 e. The molecule has 0 amide bonds. The molecule has 18 heavy (non-hydrogen) atoms. The van der Waals surface area contributed by atoms with Crippen LogP contribution in [0.2, 0.25) is 0 Å². The number of hydrogen-bond donors (Lipinski definition) is 1. The molecule has 1 fully saturated rings. The summed E-state index contributed by atoms with van der Waals surface area (Å²) in [5.41, 5.74) is 1.21. The molecule has 3 heteroatoms.